The van der Waals surface area contributed by atoms with E-state index in [-0.39, 0.29) is 12.9 Å². The standard InChI is InChI=1S/C10H17NOP4/c1-7-5-8-3-2-4-10(12)11(8)6-9(7)16(14)15-13/h2-4,7,9,15H,5-6,13-14H2,1H3/t7-,9-,16?/m0/s1. The number of hydrogen-bond acceptors (Lipinski definition) is 1. The molecule has 0 bridgehead atoms. The van der Waals surface area contributed by atoms with Crippen molar-refractivity contribution >= 4 is 33.1 Å². The van der Waals surface area contributed by atoms with E-state index in [1.54, 1.807) is 6.07 Å². The van der Waals surface area contributed by atoms with Gasteiger partial charge in [-0.25, -0.2) is 0 Å². The maximum Gasteiger partial charge on any atom is 0.250 e. The number of aromatic nitrogens is 1. The van der Waals surface area contributed by atoms with Crippen LogP contribution in [-0.2, 0) is 13.0 Å². The molecule has 0 spiro atoms. The third-order valence-electron chi connectivity index (χ3n) is 3.20. The first-order valence-electron chi connectivity index (χ1n) is 5.32. The average Bonchev–Trinajstić information content (AvgIpc) is 2.28. The molecule has 0 radical (unpaired) electrons. The summed E-state index contributed by atoms with van der Waals surface area (Å²) in [4.78, 5) is 11.8. The number of hydrogen-bond donors (Lipinski definition) is 0. The first kappa shape index (κ1) is 13.1. The van der Waals surface area contributed by atoms with Gasteiger partial charge in [0, 0.05) is 24.0 Å². The van der Waals surface area contributed by atoms with Gasteiger partial charge in [0.15, 0.2) is 0 Å². The van der Waals surface area contributed by atoms with Crippen molar-refractivity contribution in [2.45, 2.75) is 25.5 Å². The molecule has 0 N–H and O–H groups in total. The molecule has 0 aromatic carbocycles. The van der Waals surface area contributed by atoms with Gasteiger partial charge in [-0.3, -0.25) is 4.79 Å². The Bertz CT molecular complexity index is 433. The molecule has 0 fully saturated rings. The lowest BCUT2D eigenvalue weighted by Gasteiger charge is -2.35. The molecular weight excluding hydrogens is 274 g/mol. The van der Waals surface area contributed by atoms with Crippen molar-refractivity contribution in [2.75, 3.05) is 0 Å². The molecule has 0 amide bonds. The minimum atomic E-state index is -0.0250. The van der Waals surface area contributed by atoms with Crippen molar-refractivity contribution in [1.29, 1.82) is 0 Å². The Morgan fingerprint density at radius 1 is 1.56 bits per heavy atom. The van der Waals surface area contributed by atoms with Crippen LogP contribution in [0.5, 0.6) is 0 Å². The zero-order valence-electron chi connectivity index (χ0n) is 9.26. The number of pyridine rings is 1. The van der Waals surface area contributed by atoms with Gasteiger partial charge in [-0.1, -0.05) is 28.2 Å². The Morgan fingerprint density at radius 2 is 2.31 bits per heavy atom. The van der Waals surface area contributed by atoms with Gasteiger partial charge in [-0.05, 0) is 18.4 Å². The van der Waals surface area contributed by atoms with Crippen LogP contribution < -0.4 is 5.56 Å². The minimum absolute atomic E-state index is 0.0250. The zero-order chi connectivity index (χ0) is 11.7. The van der Waals surface area contributed by atoms with E-state index in [2.05, 4.69) is 30.8 Å². The van der Waals surface area contributed by atoms with Crippen molar-refractivity contribution in [3.8, 4) is 0 Å². The first-order valence-corrected chi connectivity index (χ1v) is 12.0. The Morgan fingerprint density at radius 3 is 3.00 bits per heavy atom. The second-order valence-corrected chi connectivity index (χ2v) is 13.9. The van der Waals surface area contributed by atoms with Gasteiger partial charge in [0.05, 0.1) is 0 Å². The van der Waals surface area contributed by atoms with Crippen LogP contribution in [0.3, 0.4) is 0 Å². The molecule has 2 rings (SSSR count). The number of rotatable bonds is 2. The molecule has 88 valence electrons. The lowest BCUT2D eigenvalue weighted by atomic mass is 9.96. The lowest BCUT2D eigenvalue weighted by Crippen LogP contribution is -2.36. The van der Waals surface area contributed by atoms with E-state index in [4.69, 9.17) is 0 Å². The number of fused-ring (bicyclic) bond motifs is 1. The SMILES string of the molecule is C[C@H]1Cc2cccc(=O)n2C[C@@H]1P(P)PP. The Labute approximate surface area is 104 Å². The predicted molar refractivity (Wildman–Crippen MR) is 82.0 cm³/mol. The fourth-order valence-corrected chi connectivity index (χ4v) is 7.89. The van der Waals surface area contributed by atoms with E-state index in [1.807, 2.05) is 10.6 Å². The van der Waals surface area contributed by atoms with Crippen LogP contribution in [0.4, 0.5) is 0 Å². The van der Waals surface area contributed by atoms with Crippen LogP contribution in [0, 0.1) is 5.92 Å². The predicted octanol–water partition coefficient (Wildman–Crippen LogP) is 3.06. The summed E-state index contributed by atoms with van der Waals surface area (Å²) >= 11 is 0. The highest BCUT2D eigenvalue weighted by atomic mass is 32.6. The summed E-state index contributed by atoms with van der Waals surface area (Å²) in [6.07, 6.45) is 1.04. The van der Waals surface area contributed by atoms with E-state index in [9.17, 15) is 4.79 Å². The first-order chi connectivity index (χ1) is 7.63. The van der Waals surface area contributed by atoms with Crippen molar-refractivity contribution in [3.63, 3.8) is 0 Å². The highest BCUT2D eigenvalue weighted by Gasteiger charge is 2.29. The molecule has 1 aromatic rings. The van der Waals surface area contributed by atoms with Crippen LogP contribution >= 0.6 is 33.1 Å². The molecule has 1 aromatic heterocycles. The van der Waals surface area contributed by atoms with Crippen molar-refractivity contribution in [2.24, 2.45) is 5.92 Å². The van der Waals surface area contributed by atoms with Gasteiger partial charge < -0.3 is 4.57 Å². The molecule has 6 atom stereocenters. The summed E-state index contributed by atoms with van der Waals surface area (Å²) in [5.74, 6) is 0.693. The fourth-order valence-electron chi connectivity index (χ4n) is 2.24. The summed E-state index contributed by atoms with van der Waals surface area (Å²) in [7, 11) is 6.74. The van der Waals surface area contributed by atoms with E-state index in [1.165, 1.54) is 5.69 Å². The molecule has 2 nitrogen and oxygen atoms in total. The molecule has 6 heteroatoms. The normalized spacial score (nSPS) is 26.9. The van der Waals surface area contributed by atoms with Crippen LogP contribution in [-0.4, -0.2) is 10.2 Å². The third-order valence-corrected chi connectivity index (χ3v) is 14.6. The lowest BCUT2D eigenvalue weighted by molar-refractivity contribution is 0.417. The molecule has 2 heterocycles. The Balaban J connectivity index is 2.33. The van der Waals surface area contributed by atoms with Gasteiger partial charge in [0.1, 0.15) is 0 Å². The van der Waals surface area contributed by atoms with E-state index in [0.717, 1.165) is 20.9 Å². The Hall–Kier alpha value is 0.670. The van der Waals surface area contributed by atoms with Gasteiger partial charge in [0.25, 0.3) is 5.56 Å². The molecule has 1 aliphatic rings. The molecule has 16 heavy (non-hydrogen) atoms. The van der Waals surface area contributed by atoms with Crippen molar-refractivity contribution in [3.05, 3.63) is 34.2 Å². The zero-order valence-corrected chi connectivity index (χ0v) is 13.5. The monoisotopic (exact) mass is 291 g/mol. The molecule has 1 aliphatic heterocycles. The van der Waals surface area contributed by atoms with Gasteiger partial charge in [0.2, 0.25) is 0 Å². The molecule has 0 aliphatic carbocycles. The highest BCUT2D eigenvalue weighted by Crippen LogP contribution is 2.70. The van der Waals surface area contributed by atoms with Gasteiger partial charge >= 0.3 is 0 Å². The maximum atomic E-state index is 11.8. The average molecular weight is 291 g/mol. The molecular formula is C10H17NOP4. The van der Waals surface area contributed by atoms with Crippen molar-refractivity contribution in [1.82, 2.24) is 4.57 Å². The summed E-state index contributed by atoms with van der Waals surface area (Å²) in [5, 5.41) is 0. The summed E-state index contributed by atoms with van der Waals surface area (Å²) < 4.78 is 1.97. The van der Waals surface area contributed by atoms with E-state index >= 15 is 0 Å². The second-order valence-electron chi connectivity index (χ2n) is 4.25. The molecule has 0 saturated heterocycles. The fraction of sp³-hybridized carbons (Fsp3) is 0.500. The Kier molecular flexibility index (Phi) is 4.54. The summed E-state index contributed by atoms with van der Waals surface area (Å²) in [6, 6.07) is 5.63. The topological polar surface area (TPSA) is 22.0 Å². The van der Waals surface area contributed by atoms with E-state index in [0.29, 0.717) is 11.6 Å². The van der Waals surface area contributed by atoms with Gasteiger partial charge in [-0.15, -0.1) is 17.9 Å². The summed E-state index contributed by atoms with van der Waals surface area (Å²) in [6.45, 7) is 3.22. The second kappa shape index (κ2) is 5.54. The van der Waals surface area contributed by atoms with E-state index < -0.39 is 0 Å². The number of nitrogens with zero attached hydrogens (tertiary/aromatic N) is 1. The third kappa shape index (κ3) is 2.57. The summed E-state index contributed by atoms with van der Waals surface area (Å²) in [5.41, 5.74) is 2.04. The maximum absolute atomic E-state index is 11.8. The van der Waals surface area contributed by atoms with Crippen LogP contribution in [0.15, 0.2) is 23.0 Å². The van der Waals surface area contributed by atoms with Gasteiger partial charge in [-0.2, -0.15) is 0 Å². The molecule has 4 unspecified atom stereocenters. The van der Waals surface area contributed by atoms with Crippen molar-refractivity contribution < 1.29 is 0 Å². The molecule has 0 saturated carbocycles. The van der Waals surface area contributed by atoms with Crippen LogP contribution in [0.1, 0.15) is 12.6 Å². The van der Waals surface area contributed by atoms with Crippen LogP contribution in [0.25, 0.3) is 0 Å². The minimum Gasteiger partial charge on any atom is -0.312 e. The smallest absolute Gasteiger partial charge is 0.250 e. The largest absolute Gasteiger partial charge is 0.312 e. The van der Waals surface area contributed by atoms with Crippen LogP contribution in [0.2, 0.25) is 0 Å². The highest BCUT2D eigenvalue weighted by molar-refractivity contribution is 8.61. The quantitative estimate of drug-likeness (QED) is 0.768.